The molecule has 0 saturated carbocycles. The quantitative estimate of drug-likeness (QED) is 0.294. The molecular formula is C13H24Br2IrOP. The topological polar surface area (TPSA) is 20.2 Å². The third kappa shape index (κ3) is 22.6. The average molecular weight is 579 g/mol. The fraction of sp³-hybridized carbons (Fsp3) is 0.692. The van der Waals surface area contributed by atoms with Crippen LogP contribution in [-0.4, -0.2) is 17.2 Å². The van der Waals surface area contributed by atoms with Crippen LogP contribution in [0.25, 0.3) is 0 Å². The molecule has 0 aliphatic heterocycles. The summed E-state index contributed by atoms with van der Waals surface area (Å²) in [6.07, 6.45) is 17.0. The van der Waals surface area contributed by atoms with Gasteiger partial charge in [0.1, 0.15) is 0 Å². The van der Waals surface area contributed by atoms with Gasteiger partial charge in [-0.25, -0.2) is 12.2 Å². The van der Waals surface area contributed by atoms with E-state index in [0.29, 0.717) is 0 Å². The van der Waals surface area contributed by atoms with Crippen molar-refractivity contribution in [2.24, 2.45) is 0 Å². The summed E-state index contributed by atoms with van der Waals surface area (Å²) in [4.78, 5) is 9.38. The fourth-order valence-corrected chi connectivity index (χ4v) is 2.72. The first-order valence-electron chi connectivity index (χ1n) is 5.96. The number of rotatable bonds is 6. The predicted molar refractivity (Wildman–Crippen MR) is 70.3 cm³/mol. The number of hydrogen-bond donors (Lipinski definition) is 1. The van der Waals surface area contributed by atoms with Crippen LogP contribution in [0.15, 0.2) is 18.2 Å². The van der Waals surface area contributed by atoms with Gasteiger partial charge in [0.05, 0.1) is 0 Å². The van der Waals surface area contributed by atoms with Crippen molar-refractivity contribution in [3.63, 3.8) is 0 Å². The monoisotopic (exact) mass is 578 g/mol. The zero-order valence-corrected chi connectivity index (χ0v) is 17.6. The van der Waals surface area contributed by atoms with E-state index in [1.54, 1.807) is 0 Å². The normalized spacial score (nSPS) is 10.9. The molecule has 0 saturated heterocycles. The van der Waals surface area contributed by atoms with E-state index in [1.165, 1.54) is 25.7 Å². The molecule has 0 unspecified atom stereocenters. The molecule has 110 valence electrons. The van der Waals surface area contributed by atoms with E-state index in [4.69, 9.17) is 0 Å². The number of allylic oxidation sites excluding steroid dienone is 4. The third-order valence-corrected chi connectivity index (χ3v) is 3.79. The van der Waals surface area contributed by atoms with Gasteiger partial charge in [-0.2, -0.15) is 6.08 Å². The molecule has 1 N–H and O–H groups in total. The molecule has 0 aromatic carbocycles. The van der Waals surface area contributed by atoms with E-state index in [-0.39, 0.29) is 54.1 Å². The zero-order valence-electron chi connectivity index (χ0n) is 11.2. The van der Waals surface area contributed by atoms with Crippen molar-refractivity contribution in [2.75, 3.05) is 12.3 Å². The van der Waals surface area contributed by atoms with E-state index in [0.717, 1.165) is 18.7 Å². The van der Waals surface area contributed by atoms with Gasteiger partial charge in [0.25, 0.3) is 0 Å². The second-order valence-electron chi connectivity index (χ2n) is 3.66. The van der Waals surface area contributed by atoms with Crippen molar-refractivity contribution < 1.29 is 59.0 Å². The molecule has 0 atom stereocenters. The molecule has 0 amide bonds. The summed E-state index contributed by atoms with van der Waals surface area (Å²) in [6.45, 7) is 4.34. The molecule has 0 heterocycles. The van der Waals surface area contributed by atoms with Crippen LogP contribution in [0.2, 0.25) is 0 Å². The molecule has 0 aromatic heterocycles. The van der Waals surface area contributed by atoms with Crippen LogP contribution in [0.1, 0.15) is 46.0 Å². The summed E-state index contributed by atoms with van der Waals surface area (Å²) in [5.41, 5.74) is 0. The standard InChI is InChI=1S/C8H19OP.C5H5.2BrH.Ir/c1-3-5-7-10(9)8-6-4-2;1-2-4-5-3-1;;;/h9H,3-8H2,1-2H3;1-3H,4H2;2*1H;/q;-1;;;+3/p-2. The Bertz CT molecular complexity index is 172. The largest absolute Gasteiger partial charge is 3.00 e. The maximum absolute atomic E-state index is 9.38. The van der Waals surface area contributed by atoms with E-state index < -0.39 is 8.15 Å². The van der Waals surface area contributed by atoms with Gasteiger partial charge in [-0.3, -0.25) is 6.08 Å². The molecule has 0 fully saturated rings. The Balaban J connectivity index is -0.000000106. The number of halogens is 2. The Hall–Kier alpha value is 1.48. The van der Waals surface area contributed by atoms with Gasteiger partial charge in [-0.15, -0.1) is 6.42 Å². The molecule has 1 nitrogen and oxygen atoms in total. The van der Waals surface area contributed by atoms with Gasteiger partial charge < -0.3 is 38.9 Å². The third-order valence-electron chi connectivity index (χ3n) is 2.13. The molecule has 1 aliphatic rings. The van der Waals surface area contributed by atoms with Crippen LogP contribution in [0.4, 0.5) is 0 Å². The van der Waals surface area contributed by atoms with Gasteiger partial charge in [0.2, 0.25) is 0 Å². The number of hydrogen-bond acceptors (Lipinski definition) is 1. The van der Waals surface area contributed by atoms with Crippen molar-refractivity contribution in [1.82, 2.24) is 0 Å². The maximum atomic E-state index is 9.38. The van der Waals surface area contributed by atoms with Crippen molar-refractivity contribution in [3.8, 4) is 0 Å². The molecule has 0 aromatic rings. The van der Waals surface area contributed by atoms with Gasteiger partial charge in [0.15, 0.2) is 0 Å². The maximum Gasteiger partial charge on any atom is 3.00 e. The molecule has 5 heteroatoms. The summed E-state index contributed by atoms with van der Waals surface area (Å²) in [7, 11) is -0.592. The minimum Gasteiger partial charge on any atom is -1.00 e. The zero-order chi connectivity index (χ0) is 11.4. The minimum absolute atomic E-state index is 0. The first-order chi connectivity index (χ1) is 7.31. The Morgan fingerprint density at radius 1 is 1.11 bits per heavy atom. The van der Waals surface area contributed by atoms with Gasteiger partial charge in [-0.05, 0) is 25.2 Å². The first-order valence-corrected chi connectivity index (χ1v) is 7.63. The minimum atomic E-state index is -0.592. The van der Waals surface area contributed by atoms with Crippen molar-refractivity contribution in [2.45, 2.75) is 46.0 Å². The smallest absolute Gasteiger partial charge is 1.00 e. The van der Waals surface area contributed by atoms with E-state index in [1.807, 2.05) is 12.2 Å². The van der Waals surface area contributed by atoms with Crippen LogP contribution in [-0.2, 0) is 20.1 Å². The number of unbranched alkanes of at least 4 members (excludes halogenated alkanes) is 2. The molecule has 0 radical (unpaired) electrons. The second kappa shape index (κ2) is 23.6. The van der Waals surface area contributed by atoms with Crippen molar-refractivity contribution in [1.29, 1.82) is 0 Å². The van der Waals surface area contributed by atoms with Crippen LogP contribution >= 0.6 is 8.15 Å². The van der Waals surface area contributed by atoms with E-state index in [9.17, 15) is 4.89 Å². The molecular weight excluding hydrogens is 555 g/mol. The van der Waals surface area contributed by atoms with Crippen LogP contribution < -0.4 is 34.0 Å². The first kappa shape index (κ1) is 27.8. The molecule has 0 bridgehead atoms. The summed E-state index contributed by atoms with van der Waals surface area (Å²) in [6, 6.07) is 0. The molecule has 0 spiro atoms. The Labute approximate surface area is 149 Å². The Morgan fingerprint density at radius 2 is 1.61 bits per heavy atom. The second-order valence-corrected chi connectivity index (χ2v) is 5.57. The predicted octanol–water partition coefficient (Wildman–Crippen LogP) is -1.71. The SMILES string of the molecule is CCCCP(O)CCCC.[Br-].[Br-].[C-]1=CC=CC1.[Ir+3]. The van der Waals surface area contributed by atoms with Crippen molar-refractivity contribution >= 4 is 8.15 Å². The Kier molecular flexibility index (Phi) is 36.3. The van der Waals surface area contributed by atoms with Crippen LogP contribution in [0.5, 0.6) is 0 Å². The Morgan fingerprint density at radius 3 is 1.83 bits per heavy atom. The summed E-state index contributed by atoms with van der Waals surface area (Å²) >= 11 is 0. The average Bonchev–Trinajstić information content (AvgIpc) is 2.82. The summed E-state index contributed by atoms with van der Waals surface area (Å²) in [5.74, 6) is 0. The molecule has 1 rings (SSSR count). The van der Waals surface area contributed by atoms with Gasteiger partial charge in [0, 0.05) is 8.15 Å². The van der Waals surface area contributed by atoms with Crippen LogP contribution in [0, 0.1) is 6.08 Å². The summed E-state index contributed by atoms with van der Waals surface area (Å²) < 4.78 is 0. The van der Waals surface area contributed by atoms with E-state index >= 15 is 0 Å². The molecule has 18 heavy (non-hydrogen) atoms. The van der Waals surface area contributed by atoms with Crippen LogP contribution in [0.3, 0.4) is 0 Å². The van der Waals surface area contributed by atoms with Crippen molar-refractivity contribution in [3.05, 3.63) is 24.3 Å². The fourth-order valence-electron chi connectivity index (χ4n) is 1.13. The van der Waals surface area contributed by atoms with Gasteiger partial charge >= 0.3 is 20.1 Å². The van der Waals surface area contributed by atoms with E-state index in [2.05, 4.69) is 26.0 Å². The van der Waals surface area contributed by atoms with Gasteiger partial charge in [-0.1, -0.05) is 26.7 Å². The summed E-state index contributed by atoms with van der Waals surface area (Å²) in [5, 5.41) is 0. The molecule has 1 aliphatic carbocycles.